The van der Waals surface area contributed by atoms with Gasteiger partial charge in [0.2, 0.25) is 0 Å². The van der Waals surface area contributed by atoms with Gasteiger partial charge in [0.1, 0.15) is 5.82 Å². The van der Waals surface area contributed by atoms with Crippen LogP contribution in [0, 0.1) is 0 Å². The minimum atomic E-state index is -0.292. The molecule has 0 radical (unpaired) electrons. The molecule has 1 aliphatic rings. The van der Waals surface area contributed by atoms with Crippen LogP contribution in [-0.2, 0) is 6.54 Å². The first-order valence-electron chi connectivity index (χ1n) is 10.1. The van der Waals surface area contributed by atoms with E-state index >= 15 is 0 Å². The number of rotatable bonds is 5. The predicted molar refractivity (Wildman–Crippen MR) is 115 cm³/mol. The highest BCUT2D eigenvalue weighted by Crippen LogP contribution is 2.16. The minimum absolute atomic E-state index is 0.0669. The molecule has 1 aromatic carbocycles. The molecule has 29 heavy (non-hydrogen) atoms. The van der Waals surface area contributed by atoms with E-state index in [1.54, 1.807) is 30.5 Å². The molecule has 1 aromatic heterocycles. The molecule has 0 unspecified atom stereocenters. The van der Waals surface area contributed by atoms with Gasteiger partial charge in [-0.1, -0.05) is 12.8 Å². The van der Waals surface area contributed by atoms with Crippen LogP contribution in [0.1, 0.15) is 41.6 Å². The fourth-order valence-corrected chi connectivity index (χ4v) is 3.33. The van der Waals surface area contributed by atoms with E-state index in [0.717, 1.165) is 37.3 Å². The van der Waals surface area contributed by atoms with E-state index in [-0.39, 0.29) is 11.9 Å². The van der Waals surface area contributed by atoms with Crippen molar-refractivity contribution in [3.63, 3.8) is 0 Å². The predicted octanol–water partition coefficient (Wildman–Crippen LogP) is 3.49. The molecule has 7 nitrogen and oxygen atoms in total. The van der Waals surface area contributed by atoms with Gasteiger partial charge in [0.15, 0.2) is 0 Å². The van der Waals surface area contributed by atoms with Crippen molar-refractivity contribution in [3.05, 3.63) is 53.7 Å². The van der Waals surface area contributed by atoms with E-state index in [2.05, 4.69) is 15.6 Å². The summed E-state index contributed by atoms with van der Waals surface area (Å²) in [4.78, 5) is 32.9. The summed E-state index contributed by atoms with van der Waals surface area (Å²) in [5, 5.41) is 5.64. The third kappa shape index (κ3) is 5.94. The summed E-state index contributed by atoms with van der Waals surface area (Å²) in [6, 6.07) is 10.6. The number of pyridine rings is 1. The standard InChI is InChI=1S/C22H29N5O2/c1-26(2)20-15-17(11-12-23-20)16-24-22(29)25-19-9-7-18(8-10-19)21(28)27-13-5-3-4-6-14-27/h7-12,15H,3-6,13-14,16H2,1-2H3,(H2,24,25,29). The van der Waals surface area contributed by atoms with Crippen LogP contribution in [0.5, 0.6) is 0 Å². The van der Waals surface area contributed by atoms with Crippen LogP contribution in [0.4, 0.5) is 16.3 Å². The van der Waals surface area contributed by atoms with Crippen LogP contribution in [-0.4, -0.2) is 49.0 Å². The third-order valence-corrected chi connectivity index (χ3v) is 5.00. The first kappa shape index (κ1) is 20.6. The molecule has 0 atom stereocenters. The second-order valence-electron chi connectivity index (χ2n) is 7.51. The molecule has 1 aliphatic heterocycles. The van der Waals surface area contributed by atoms with Gasteiger partial charge in [-0.2, -0.15) is 0 Å². The zero-order chi connectivity index (χ0) is 20.6. The molecule has 154 valence electrons. The van der Waals surface area contributed by atoms with Crippen molar-refractivity contribution in [1.82, 2.24) is 15.2 Å². The van der Waals surface area contributed by atoms with Gasteiger partial charge in [0.25, 0.3) is 5.91 Å². The second-order valence-corrected chi connectivity index (χ2v) is 7.51. The van der Waals surface area contributed by atoms with E-state index in [0.29, 0.717) is 17.8 Å². The van der Waals surface area contributed by atoms with Gasteiger partial charge >= 0.3 is 6.03 Å². The summed E-state index contributed by atoms with van der Waals surface area (Å²) in [5.74, 6) is 0.909. The van der Waals surface area contributed by atoms with Crippen molar-refractivity contribution >= 4 is 23.4 Å². The molecule has 3 amide bonds. The quantitative estimate of drug-likeness (QED) is 0.812. The number of aromatic nitrogens is 1. The van der Waals surface area contributed by atoms with Crippen molar-refractivity contribution in [2.75, 3.05) is 37.4 Å². The number of nitrogens with one attached hydrogen (secondary N) is 2. The van der Waals surface area contributed by atoms with Crippen molar-refractivity contribution in [2.24, 2.45) is 0 Å². The Morgan fingerprint density at radius 2 is 1.72 bits per heavy atom. The number of carbonyl (C=O) groups is 2. The van der Waals surface area contributed by atoms with Gasteiger partial charge in [0.05, 0.1) is 0 Å². The lowest BCUT2D eigenvalue weighted by atomic mass is 10.1. The van der Waals surface area contributed by atoms with Gasteiger partial charge in [-0.25, -0.2) is 9.78 Å². The maximum atomic E-state index is 12.6. The molecular weight excluding hydrogens is 366 g/mol. The molecule has 2 aromatic rings. The van der Waals surface area contributed by atoms with Gasteiger partial charge in [-0.15, -0.1) is 0 Å². The molecule has 7 heteroatoms. The zero-order valence-corrected chi connectivity index (χ0v) is 17.1. The number of likely N-dealkylation sites (tertiary alicyclic amines) is 1. The van der Waals surface area contributed by atoms with E-state index in [4.69, 9.17) is 0 Å². The summed E-state index contributed by atoms with van der Waals surface area (Å²) < 4.78 is 0. The lowest BCUT2D eigenvalue weighted by molar-refractivity contribution is 0.0761. The van der Waals surface area contributed by atoms with E-state index in [1.807, 2.05) is 36.0 Å². The number of urea groups is 1. The fourth-order valence-electron chi connectivity index (χ4n) is 3.33. The Labute approximate surface area is 172 Å². The Morgan fingerprint density at radius 1 is 1.03 bits per heavy atom. The summed E-state index contributed by atoms with van der Waals surface area (Å²) >= 11 is 0. The van der Waals surface area contributed by atoms with Crippen molar-refractivity contribution < 1.29 is 9.59 Å². The first-order valence-corrected chi connectivity index (χ1v) is 10.1. The second kappa shape index (κ2) is 9.91. The molecule has 3 rings (SSSR count). The molecule has 2 N–H and O–H groups in total. The highest BCUT2D eigenvalue weighted by Gasteiger charge is 2.17. The minimum Gasteiger partial charge on any atom is -0.363 e. The summed E-state index contributed by atoms with van der Waals surface area (Å²) in [7, 11) is 3.85. The average Bonchev–Trinajstić information content (AvgIpc) is 3.02. The largest absolute Gasteiger partial charge is 0.363 e. The maximum absolute atomic E-state index is 12.6. The Bertz CT molecular complexity index is 827. The molecule has 0 bridgehead atoms. The summed E-state index contributed by atoms with van der Waals surface area (Å²) in [5.41, 5.74) is 2.28. The van der Waals surface area contributed by atoms with Crippen LogP contribution >= 0.6 is 0 Å². The fraction of sp³-hybridized carbons (Fsp3) is 0.409. The summed E-state index contributed by atoms with van der Waals surface area (Å²) in [6.45, 7) is 2.05. The van der Waals surface area contributed by atoms with Gasteiger partial charge in [-0.3, -0.25) is 4.79 Å². The Hall–Kier alpha value is -3.09. The Morgan fingerprint density at radius 3 is 2.38 bits per heavy atom. The van der Waals surface area contributed by atoms with E-state index < -0.39 is 0 Å². The zero-order valence-electron chi connectivity index (χ0n) is 17.1. The lowest BCUT2D eigenvalue weighted by Crippen LogP contribution is -2.31. The third-order valence-electron chi connectivity index (χ3n) is 5.00. The van der Waals surface area contributed by atoms with Crippen LogP contribution in [0.2, 0.25) is 0 Å². The highest BCUT2D eigenvalue weighted by atomic mass is 16.2. The Balaban J connectivity index is 1.52. The highest BCUT2D eigenvalue weighted by molar-refractivity contribution is 5.95. The maximum Gasteiger partial charge on any atom is 0.319 e. The number of hydrogen-bond acceptors (Lipinski definition) is 4. The number of amides is 3. The van der Waals surface area contributed by atoms with Crippen LogP contribution in [0.25, 0.3) is 0 Å². The monoisotopic (exact) mass is 395 g/mol. The first-order chi connectivity index (χ1) is 14.0. The van der Waals surface area contributed by atoms with Gasteiger partial charge in [-0.05, 0) is 54.8 Å². The number of carbonyl (C=O) groups excluding carboxylic acids is 2. The molecule has 1 saturated heterocycles. The van der Waals surface area contributed by atoms with Crippen molar-refractivity contribution in [2.45, 2.75) is 32.2 Å². The average molecular weight is 396 g/mol. The van der Waals surface area contributed by atoms with Crippen LogP contribution in [0.15, 0.2) is 42.6 Å². The van der Waals surface area contributed by atoms with Crippen molar-refractivity contribution in [1.29, 1.82) is 0 Å². The van der Waals surface area contributed by atoms with Crippen molar-refractivity contribution in [3.8, 4) is 0 Å². The molecule has 2 heterocycles. The SMILES string of the molecule is CN(C)c1cc(CNC(=O)Nc2ccc(C(=O)N3CCCCCC3)cc2)ccn1. The molecule has 0 spiro atoms. The van der Waals surface area contributed by atoms with Gasteiger partial charge in [0, 0.05) is 51.2 Å². The molecule has 1 fully saturated rings. The topological polar surface area (TPSA) is 77.6 Å². The van der Waals surface area contributed by atoms with E-state index in [1.165, 1.54) is 12.8 Å². The number of anilines is 2. The summed E-state index contributed by atoms with van der Waals surface area (Å²) in [6.07, 6.45) is 6.25. The number of benzene rings is 1. The Kier molecular flexibility index (Phi) is 7.05. The molecular formula is C22H29N5O2. The van der Waals surface area contributed by atoms with Crippen LogP contribution in [0.3, 0.4) is 0 Å². The normalized spacial score (nSPS) is 14.1. The van der Waals surface area contributed by atoms with Crippen LogP contribution < -0.4 is 15.5 Å². The lowest BCUT2D eigenvalue weighted by Gasteiger charge is -2.20. The number of nitrogens with zero attached hydrogens (tertiary/aromatic N) is 3. The molecule has 0 saturated carbocycles. The smallest absolute Gasteiger partial charge is 0.319 e. The van der Waals surface area contributed by atoms with Gasteiger partial charge < -0.3 is 20.4 Å². The number of hydrogen-bond donors (Lipinski definition) is 2. The van der Waals surface area contributed by atoms with E-state index in [9.17, 15) is 9.59 Å². The molecule has 0 aliphatic carbocycles.